The second kappa shape index (κ2) is 8.11. The summed E-state index contributed by atoms with van der Waals surface area (Å²) in [4.78, 5) is 18.3. The third-order valence-corrected chi connectivity index (χ3v) is 4.42. The highest BCUT2D eigenvalue weighted by molar-refractivity contribution is 5.81. The maximum absolute atomic E-state index is 12.1. The minimum absolute atomic E-state index is 0.272. The van der Waals surface area contributed by atoms with Crippen LogP contribution in [0.1, 0.15) is 17.5 Å². The predicted octanol–water partition coefficient (Wildman–Crippen LogP) is 4.38. The zero-order chi connectivity index (χ0) is 18.5. The number of aromatic nitrogens is 1. The molecule has 0 aliphatic heterocycles. The molecule has 4 heteroatoms. The largest absolute Gasteiger partial charge is 0.445 e. The van der Waals surface area contributed by atoms with Crippen molar-refractivity contribution in [2.75, 3.05) is 20.6 Å². The molecule has 0 spiro atoms. The fourth-order valence-corrected chi connectivity index (χ4v) is 2.90. The van der Waals surface area contributed by atoms with Crippen molar-refractivity contribution >= 4 is 5.78 Å². The van der Waals surface area contributed by atoms with Gasteiger partial charge in [0.1, 0.15) is 12.0 Å². The van der Waals surface area contributed by atoms with Gasteiger partial charge >= 0.3 is 0 Å². The lowest BCUT2D eigenvalue weighted by Crippen LogP contribution is -2.17. The smallest absolute Gasteiger partial charge is 0.225 e. The Balaban J connectivity index is 1.76. The number of nitrogens with zero attached hydrogens (tertiary/aromatic N) is 2. The van der Waals surface area contributed by atoms with Crippen LogP contribution in [0.5, 0.6) is 0 Å². The number of hydrogen-bond donors (Lipinski definition) is 0. The van der Waals surface area contributed by atoms with Crippen molar-refractivity contribution in [3.05, 3.63) is 66.1 Å². The zero-order valence-electron chi connectivity index (χ0n) is 15.5. The van der Waals surface area contributed by atoms with Crippen LogP contribution >= 0.6 is 0 Å². The quantitative estimate of drug-likeness (QED) is 0.636. The molecule has 26 heavy (non-hydrogen) atoms. The van der Waals surface area contributed by atoms with Crippen LogP contribution in [-0.2, 0) is 11.2 Å². The number of carbonyl (C=O) groups is 1. The van der Waals surface area contributed by atoms with Gasteiger partial charge in [0.15, 0.2) is 0 Å². The van der Waals surface area contributed by atoms with Crippen LogP contribution in [0.4, 0.5) is 0 Å². The van der Waals surface area contributed by atoms with Gasteiger partial charge in [-0.1, -0.05) is 30.3 Å². The summed E-state index contributed by atoms with van der Waals surface area (Å²) in [5.74, 6) is 0.892. The summed E-state index contributed by atoms with van der Waals surface area (Å²) in [6.07, 6.45) is 4.31. The van der Waals surface area contributed by atoms with Crippen molar-refractivity contribution in [2.45, 2.75) is 19.8 Å². The van der Waals surface area contributed by atoms with Crippen molar-refractivity contribution in [1.82, 2.24) is 9.88 Å². The lowest BCUT2D eigenvalue weighted by Gasteiger charge is -2.10. The minimum atomic E-state index is 0.272. The predicted molar refractivity (Wildman–Crippen MR) is 104 cm³/mol. The molecule has 0 aliphatic rings. The number of hydrogen-bond acceptors (Lipinski definition) is 4. The lowest BCUT2D eigenvalue weighted by atomic mass is 9.96. The lowest BCUT2D eigenvalue weighted by molar-refractivity contribution is -0.118. The SMILES string of the molecule is Cc1ccc(-c2ncco2)cc1-c1ccc(CC(=O)CCN(C)C)cc1. The van der Waals surface area contributed by atoms with Crippen LogP contribution in [-0.4, -0.2) is 36.3 Å². The third kappa shape index (κ3) is 4.46. The van der Waals surface area contributed by atoms with E-state index in [0.29, 0.717) is 18.7 Å². The van der Waals surface area contributed by atoms with Gasteiger partial charge in [-0.15, -0.1) is 0 Å². The number of aryl methyl sites for hydroxylation is 1. The monoisotopic (exact) mass is 348 g/mol. The number of ketones is 1. The Morgan fingerprint density at radius 2 is 1.81 bits per heavy atom. The Kier molecular flexibility index (Phi) is 5.64. The molecule has 0 unspecified atom stereocenters. The van der Waals surface area contributed by atoms with Crippen molar-refractivity contribution in [3.8, 4) is 22.6 Å². The van der Waals surface area contributed by atoms with E-state index < -0.39 is 0 Å². The van der Waals surface area contributed by atoms with Gasteiger partial charge in [-0.2, -0.15) is 0 Å². The highest BCUT2D eigenvalue weighted by Crippen LogP contribution is 2.29. The van der Waals surface area contributed by atoms with E-state index in [0.717, 1.165) is 28.8 Å². The van der Waals surface area contributed by atoms with Crippen LogP contribution in [0, 0.1) is 6.92 Å². The molecule has 2 aromatic carbocycles. The molecular weight excluding hydrogens is 324 g/mol. The Bertz CT molecular complexity index is 866. The van der Waals surface area contributed by atoms with Crippen molar-refractivity contribution < 1.29 is 9.21 Å². The standard InChI is InChI=1S/C22H24N2O2/c1-16-4-7-19(22-23-11-13-26-22)15-21(16)18-8-5-17(6-9-18)14-20(25)10-12-24(2)3/h4-9,11,13,15H,10,12,14H2,1-3H3. The van der Waals surface area contributed by atoms with E-state index in [4.69, 9.17) is 4.42 Å². The Morgan fingerprint density at radius 3 is 2.46 bits per heavy atom. The summed E-state index contributed by atoms with van der Waals surface area (Å²) in [6, 6.07) is 14.4. The van der Waals surface area contributed by atoms with Crippen LogP contribution in [0.2, 0.25) is 0 Å². The van der Waals surface area contributed by atoms with Crippen LogP contribution in [0.3, 0.4) is 0 Å². The summed E-state index contributed by atoms with van der Waals surface area (Å²) in [7, 11) is 3.97. The Morgan fingerprint density at radius 1 is 1.08 bits per heavy atom. The highest BCUT2D eigenvalue weighted by atomic mass is 16.3. The van der Waals surface area contributed by atoms with E-state index >= 15 is 0 Å². The van der Waals surface area contributed by atoms with Crippen molar-refractivity contribution in [2.24, 2.45) is 0 Å². The molecule has 0 atom stereocenters. The molecule has 0 aliphatic carbocycles. The fourth-order valence-electron chi connectivity index (χ4n) is 2.90. The van der Waals surface area contributed by atoms with Gasteiger partial charge in [-0.05, 0) is 55.4 Å². The fraction of sp³-hybridized carbons (Fsp3) is 0.273. The molecule has 0 fully saturated rings. The van der Waals surface area contributed by atoms with E-state index in [9.17, 15) is 4.79 Å². The van der Waals surface area contributed by atoms with Gasteiger partial charge in [-0.25, -0.2) is 4.98 Å². The zero-order valence-corrected chi connectivity index (χ0v) is 15.5. The molecule has 0 bridgehead atoms. The summed E-state index contributed by atoms with van der Waals surface area (Å²) in [5.41, 5.74) is 5.47. The van der Waals surface area contributed by atoms with E-state index in [1.165, 1.54) is 5.56 Å². The van der Waals surface area contributed by atoms with E-state index in [2.05, 4.69) is 36.2 Å². The maximum atomic E-state index is 12.1. The highest BCUT2D eigenvalue weighted by Gasteiger charge is 2.09. The topological polar surface area (TPSA) is 46.3 Å². The molecule has 0 saturated heterocycles. The Labute approximate surface area is 154 Å². The van der Waals surface area contributed by atoms with Crippen LogP contribution in [0.25, 0.3) is 22.6 Å². The van der Waals surface area contributed by atoms with Gasteiger partial charge in [0, 0.05) is 24.9 Å². The van der Waals surface area contributed by atoms with Crippen LogP contribution < -0.4 is 0 Å². The molecule has 3 rings (SSSR count). The van der Waals surface area contributed by atoms with Crippen molar-refractivity contribution in [1.29, 1.82) is 0 Å². The molecule has 0 amide bonds. The second-order valence-corrected chi connectivity index (χ2v) is 6.83. The molecular formula is C22H24N2O2. The maximum Gasteiger partial charge on any atom is 0.225 e. The summed E-state index contributed by atoms with van der Waals surface area (Å²) < 4.78 is 5.40. The van der Waals surface area contributed by atoms with Gasteiger partial charge in [-0.3, -0.25) is 4.79 Å². The van der Waals surface area contributed by atoms with Crippen LogP contribution in [0.15, 0.2) is 59.3 Å². The summed E-state index contributed by atoms with van der Waals surface area (Å²) in [5, 5.41) is 0. The molecule has 0 saturated carbocycles. The van der Waals surface area contributed by atoms with Gasteiger partial charge in [0.2, 0.25) is 5.89 Å². The van der Waals surface area contributed by atoms with Gasteiger partial charge < -0.3 is 9.32 Å². The molecule has 0 N–H and O–H groups in total. The molecule has 0 radical (unpaired) electrons. The van der Waals surface area contributed by atoms with E-state index in [1.54, 1.807) is 12.5 Å². The first-order chi connectivity index (χ1) is 12.5. The van der Waals surface area contributed by atoms with Gasteiger partial charge in [0.25, 0.3) is 0 Å². The summed E-state index contributed by atoms with van der Waals surface area (Å²) >= 11 is 0. The number of carbonyl (C=O) groups excluding carboxylic acids is 1. The average molecular weight is 348 g/mol. The van der Waals surface area contributed by atoms with Gasteiger partial charge in [0.05, 0.1) is 6.20 Å². The normalized spacial score (nSPS) is 11.1. The average Bonchev–Trinajstić information content (AvgIpc) is 3.16. The Hall–Kier alpha value is -2.72. The minimum Gasteiger partial charge on any atom is -0.445 e. The third-order valence-electron chi connectivity index (χ3n) is 4.42. The molecule has 3 aromatic rings. The van der Waals surface area contributed by atoms with Crippen molar-refractivity contribution in [3.63, 3.8) is 0 Å². The first-order valence-corrected chi connectivity index (χ1v) is 8.79. The molecule has 1 aromatic heterocycles. The number of Topliss-reactive ketones (excluding diaryl/α,β-unsaturated/α-hetero) is 1. The first-order valence-electron chi connectivity index (χ1n) is 8.79. The molecule has 134 valence electrons. The number of benzene rings is 2. The van der Waals surface area contributed by atoms with E-state index in [-0.39, 0.29) is 5.78 Å². The van der Waals surface area contributed by atoms with E-state index in [1.807, 2.05) is 37.2 Å². The number of rotatable bonds is 7. The summed E-state index contributed by atoms with van der Waals surface area (Å²) in [6.45, 7) is 2.89. The molecule has 4 nitrogen and oxygen atoms in total. The molecule has 1 heterocycles. The second-order valence-electron chi connectivity index (χ2n) is 6.83. The first kappa shape index (κ1) is 18.1. The number of oxazole rings is 1.